The number of thiol groups is 1. The van der Waals surface area contributed by atoms with Gasteiger partial charge in [-0.05, 0) is 55.4 Å². The first-order chi connectivity index (χ1) is 20.3. The van der Waals surface area contributed by atoms with Crippen LogP contribution in [0.1, 0.15) is 77.2 Å². The fraction of sp³-hybridized carbons (Fsp3) is 0.625. The number of benzene rings is 1. The molecule has 0 radical (unpaired) electrons. The Hall–Kier alpha value is -3.01. The van der Waals surface area contributed by atoms with Gasteiger partial charge in [-0.2, -0.15) is 17.4 Å². The quantitative estimate of drug-likeness (QED) is 0.285. The van der Waals surface area contributed by atoms with Crippen molar-refractivity contribution >= 4 is 47.0 Å². The third-order valence-electron chi connectivity index (χ3n) is 8.98. The topological polar surface area (TPSA) is 110 Å². The summed E-state index contributed by atoms with van der Waals surface area (Å²) in [6.07, 6.45) is 8.21. The molecule has 2 aliphatic heterocycles. The second-order valence-electron chi connectivity index (χ2n) is 11.8. The summed E-state index contributed by atoms with van der Waals surface area (Å²) >= 11 is 4.30. The molecule has 2 aliphatic rings. The smallest absolute Gasteiger partial charge is 0.246 e. The molecular weight excluding hydrogens is 552 g/mol. The molecule has 3 amide bonds. The maximum atomic E-state index is 14.0. The van der Waals surface area contributed by atoms with Crippen LogP contribution in [0.4, 0.5) is 0 Å². The van der Waals surface area contributed by atoms with Gasteiger partial charge < -0.3 is 20.4 Å². The third kappa shape index (κ3) is 7.30. The fourth-order valence-corrected chi connectivity index (χ4v) is 6.50. The van der Waals surface area contributed by atoms with Gasteiger partial charge in [0, 0.05) is 36.9 Å². The molecule has 0 aliphatic carbocycles. The van der Waals surface area contributed by atoms with Crippen molar-refractivity contribution in [3.63, 3.8) is 0 Å². The largest absolute Gasteiger partial charge is 0.417 e. The normalized spacial score (nSPS) is 24.8. The number of fused-ring (bicyclic) bond motifs is 2. The monoisotopic (exact) mass is 598 g/mol. The molecule has 0 spiro atoms. The van der Waals surface area contributed by atoms with Crippen molar-refractivity contribution in [1.82, 2.24) is 20.3 Å². The number of amides is 3. The van der Waals surface area contributed by atoms with Crippen LogP contribution in [-0.4, -0.2) is 70.7 Å². The molecule has 1 unspecified atom stereocenters. The van der Waals surface area contributed by atoms with Gasteiger partial charge in [0.05, 0.1) is 11.6 Å². The number of rotatable bonds is 10. The van der Waals surface area contributed by atoms with Gasteiger partial charge in [0.1, 0.15) is 19.2 Å². The van der Waals surface area contributed by atoms with Crippen LogP contribution < -0.4 is 15.5 Å². The summed E-state index contributed by atoms with van der Waals surface area (Å²) < 4.78 is 1.64. The Morgan fingerprint density at radius 1 is 1.05 bits per heavy atom. The predicted molar refractivity (Wildman–Crippen MR) is 166 cm³/mol. The Morgan fingerprint density at radius 2 is 1.83 bits per heavy atom. The number of carbonyl (C=O) groups is 4. The Bertz CT molecular complexity index is 1260. The van der Waals surface area contributed by atoms with Crippen LogP contribution in [0.15, 0.2) is 30.5 Å². The van der Waals surface area contributed by atoms with Crippen molar-refractivity contribution in [3.8, 4) is 0 Å². The van der Waals surface area contributed by atoms with Gasteiger partial charge in [-0.15, -0.1) is 0 Å². The van der Waals surface area contributed by atoms with Gasteiger partial charge in [0.2, 0.25) is 17.7 Å². The highest BCUT2D eigenvalue weighted by Crippen LogP contribution is 2.27. The van der Waals surface area contributed by atoms with Gasteiger partial charge in [-0.3, -0.25) is 19.2 Å². The Balaban J connectivity index is 1.71. The van der Waals surface area contributed by atoms with Crippen molar-refractivity contribution in [3.05, 3.63) is 36.0 Å². The van der Waals surface area contributed by atoms with Crippen LogP contribution in [-0.2, 0) is 25.6 Å². The van der Waals surface area contributed by atoms with Gasteiger partial charge in [-0.25, -0.2) is 0 Å². The van der Waals surface area contributed by atoms with E-state index < -0.39 is 30.0 Å². The van der Waals surface area contributed by atoms with E-state index in [4.69, 9.17) is 4.84 Å². The highest BCUT2D eigenvalue weighted by atomic mass is 32.1. The lowest BCUT2D eigenvalue weighted by Gasteiger charge is -2.39. The van der Waals surface area contributed by atoms with E-state index in [1.807, 2.05) is 44.3 Å². The summed E-state index contributed by atoms with van der Waals surface area (Å²) in [5.41, 5.74) is 1.69. The van der Waals surface area contributed by atoms with Crippen LogP contribution in [0.3, 0.4) is 0 Å². The molecule has 0 bridgehead atoms. The fourth-order valence-electron chi connectivity index (χ4n) is 6.28. The number of carbonyl (C=O) groups excluding carboxylic acids is 4. The molecular formula is C32H46N4O5S. The maximum Gasteiger partial charge on any atom is 0.246 e. The lowest BCUT2D eigenvalue weighted by molar-refractivity contribution is -0.147. The van der Waals surface area contributed by atoms with Crippen molar-refractivity contribution in [1.29, 1.82) is 0 Å². The zero-order chi connectivity index (χ0) is 30.2. The van der Waals surface area contributed by atoms with Crippen molar-refractivity contribution in [2.75, 3.05) is 19.4 Å². The first-order valence-electron chi connectivity index (χ1n) is 15.5. The van der Waals surface area contributed by atoms with Crippen molar-refractivity contribution in [2.24, 2.45) is 11.8 Å². The Kier molecular flexibility index (Phi) is 11.4. The minimum atomic E-state index is -0.931. The number of nitrogens with zero attached hydrogens (tertiary/aromatic N) is 2. The number of para-hydroxylation sites is 1. The molecule has 3 heterocycles. The molecule has 1 aromatic carbocycles. The van der Waals surface area contributed by atoms with Gasteiger partial charge in [0.15, 0.2) is 5.78 Å². The van der Waals surface area contributed by atoms with Crippen LogP contribution in [0.2, 0.25) is 0 Å². The number of aromatic nitrogens is 1. The number of Topliss-reactive ketones (excluding diaryl/α,β-unsaturated/α-hetero) is 1. The summed E-state index contributed by atoms with van der Waals surface area (Å²) in [5, 5.41) is 6.94. The second-order valence-corrected chi connectivity index (χ2v) is 12.2. The first kappa shape index (κ1) is 31.9. The lowest BCUT2D eigenvalue weighted by atomic mass is 9.87. The standard InChI is InChI=1S/C32H46N4O5S/c1-4-21(2)29-32(40)35-16-10-9-15-27(35)28(37)19-22(12-6-5-11-17-42)30(38)33-25(31(39)34-29)18-23-20-36(41-3)26-14-8-7-13-24(23)26/h7-8,13-14,20-22,25,27,29,42H,4-6,9-12,15-19H2,1-3H3,(H,33,38)(H,34,39)/t21?,22-,25+,27-,29+/m1/s1. The summed E-state index contributed by atoms with van der Waals surface area (Å²) in [5.74, 6) is -0.909. The van der Waals surface area contributed by atoms with E-state index in [2.05, 4.69) is 23.3 Å². The third-order valence-corrected chi connectivity index (χ3v) is 9.29. The van der Waals surface area contributed by atoms with Crippen molar-refractivity contribution in [2.45, 2.75) is 96.2 Å². The zero-order valence-electron chi connectivity index (χ0n) is 25.1. The Labute approximate surface area is 254 Å². The van der Waals surface area contributed by atoms with Crippen LogP contribution in [0, 0.1) is 11.8 Å². The molecule has 5 atom stereocenters. The summed E-state index contributed by atoms with van der Waals surface area (Å²) in [4.78, 5) is 62.8. The van der Waals surface area contributed by atoms with E-state index in [0.717, 1.165) is 54.3 Å². The highest BCUT2D eigenvalue weighted by molar-refractivity contribution is 7.80. The number of hydrogen-bond donors (Lipinski definition) is 3. The predicted octanol–water partition coefficient (Wildman–Crippen LogP) is 3.72. The summed E-state index contributed by atoms with van der Waals surface area (Å²) in [6, 6.07) is 5.45. The molecule has 2 saturated heterocycles. The van der Waals surface area contributed by atoms with Crippen LogP contribution in [0.5, 0.6) is 0 Å². The number of unbranched alkanes of at least 4 members (excludes halogenated alkanes) is 2. The molecule has 230 valence electrons. The molecule has 2 aromatic rings. The molecule has 2 fully saturated rings. The van der Waals surface area contributed by atoms with Crippen molar-refractivity contribution < 1.29 is 24.0 Å². The van der Waals surface area contributed by atoms with E-state index in [1.165, 1.54) is 0 Å². The average Bonchev–Trinajstić information content (AvgIpc) is 3.36. The molecule has 10 heteroatoms. The molecule has 0 saturated carbocycles. The first-order valence-corrected chi connectivity index (χ1v) is 16.1. The minimum absolute atomic E-state index is 0.0620. The summed E-state index contributed by atoms with van der Waals surface area (Å²) in [7, 11) is 1.58. The van der Waals surface area contributed by atoms with E-state index in [-0.39, 0.29) is 36.4 Å². The molecule has 9 nitrogen and oxygen atoms in total. The van der Waals surface area contributed by atoms with Crippen LogP contribution in [0.25, 0.3) is 10.9 Å². The van der Waals surface area contributed by atoms with Crippen LogP contribution >= 0.6 is 12.6 Å². The van der Waals surface area contributed by atoms with E-state index in [9.17, 15) is 19.2 Å². The maximum absolute atomic E-state index is 14.0. The average molecular weight is 599 g/mol. The van der Waals surface area contributed by atoms with E-state index in [0.29, 0.717) is 25.8 Å². The molecule has 2 N–H and O–H groups in total. The second kappa shape index (κ2) is 14.9. The SMILES string of the molecule is CCC(C)[C@@H]1NC(=O)[C@H](Cc2cn(OC)c3ccccc23)NC(=O)[C@H](CCCCCS)CC(=O)[C@H]2CCCCN2C1=O. The van der Waals surface area contributed by atoms with Gasteiger partial charge in [-0.1, -0.05) is 51.3 Å². The number of nitrogens with one attached hydrogen (secondary N) is 2. The van der Waals surface area contributed by atoms with E-state index >= 15 is 0 Å². The summed E-state index contributed by atoms with van der Waals surface area (Å²) in [6.45, 7) is 4.41. The van der Waals surface area contributed by atoms with Gasteiger partial charge in [0.25, 0.3) is 0 Å². The van der Waals surface area contributed by atoms with Gasteiger partial charge >= 0.3 is 0 Å². The molecule has 42 heavy (non-hydrogen) atoms. The Morgan fingerprint density at radius 3 is 2.57 bits per heavy atom. The molecule has 1 aromatic heterocycles. The number of ketones is 1. The highest BCUT2D eigenvalue weighted by Gasteiger charge is 2.40. The number of piperidine rings is 1. The number of hydrogen-bond acceptors (Lipinski definition) is 6. The van der Waals surface area contributed by atoms with E-state index in [1.54, 1.807) is 16.7 Å². The lowest BCUT2D eigenvalue weighted by Crippen LogP contribution is -2.61. The minimum Gasteiger partial charge on any atom is -0.417 e. The zero-order valence-corrected chi connectivity index (χ0v) is 26.0. The molecule has 4 rings (SSSR count).